The molecule has 0 bridgehead atoms. The van der Waals surface area contributed by atoms with Crippen LogP contribution in [0.15, 0.2) is 0 Å². The molecule has 0 aromatic carbocycles. The van der Waals surface area contributed by atoms with E-state index in [2.05, 4.69) is 0 Å². The van der Waals surface area contributed by atoms with Crippen LogP contribution in [0.2, 0.25) is 0 Å². The Labute approximate surface area is 140 Å². The van der Waals surface area contributed by atoms with Crippen molar-refractivity contribution >= 4 is 0 Å². The summed E-state index contributed by atoms with van der Waals surface area (Å²) in [6, 6.07) is 0. The van der Waals surface area contributed by atoms with Gasteiger partial charge < -0.3 is 18.9 Å². The van der Waals surface area contributed by atoms with E-state index in [0.29, 0.717) is 26.1 Å². The topological polar surface area (TPSA) is 46.2 Å². The van der Waals surface area contributed by atoms with Crippen LogP contribution in [0.25, 0.3) is 0 Å². The van der Waals surface area contributed by atoms with Crippen molar-refractivity contribution in [1.82, 2.24) is 0 Å². The van der Waals surface area contributed by atoms with Gasteiger partial charge >= 0.3 is 0 Å². The van der Waals surface area contributed by atoms with Gasteiger partial charge in [-0.3, -0.25) is 4.74 Å². The van der Waals surface area contributed by atoms with Crippen LogP contribution in [0, 0.1) is 0 Å². The second-order valence-corrected chi connectivity index (χ2v) is 8.51. The van der Waals surface area contributed by atoms with Crippen LogP contribution in [0.5, 0.6) is 0 Å². The number of hydrogen-bond donors (Lipinski definition) is 0. The van der Waals surface area contributed by atoms with Crippen molar-refractivity contribution in [3.63, 3.8) is 0 Å². The maximum Gasteiger partial charge on any atom is 0.287 e. The predicted molar refractivity (Wildman–Crippen MR) is 87.8 cm³/mol. The van der Waals surface area contributed by atoms with Crippen LogP contribution in [0.1, 0.15) is 80.1 Å². The van der Waals surface area contributed by atoms with Gasteiger partial charge in [-0.1, -0.05) is 0 Å². The Morgan fingerprint density at radius 2 is 1.04 bits per heavy atom. The summed E-state index contributed by atoms with van der Waals surface area (Å²) in [5, 5.41) is 0. The van der Waals surface area contributed by atoms with Gasteiger partial charge in [-0.15, -0.1) is 0 Å². The monoisotopic (exact) mass is 330 g/mol. The maximum absolute atomic E-state index is 6.37. The van der Waals surface area contributed by atoms with Crippen molar-refractivity contribution in [1.29, 1.82) is 0 Å². The van der Waals surface area contributed by atoms with E-state index in [4.69, 9.17) is 23.7 Å². The molecule has 2 saturated heterocycles. The smallest absolute Gasteiger partial charge is 0.287 e. The van der Waals surface area contributed by atoms with Crippen molar-refractivity contribution in [2.75, 3.05) is 13.2 Å². The molecule has 0 aliphatic carbocycles. The van der Waals surface area contributed by atoms with Crippen LogP contribution in [0.4, 0.5) is 0 Å². The van der Waals surface area contributed by atoms with Gasteiger partial charge in [-0.2, -0.15) is 0 Å². The third-order valence-corrected chi connectivity index (χ3v) is 3.63. The summed E-state index contributed by atoms with van der Waals surface area (Å²) in [6.45, 7) is 13.3. The van der Waals surface area contributed by atoms with E-state index in [-0.39, 0.29) is 11.2 Å². The molecule has 0 radical (unpaired) electrons. The standard InChI is InChI=1S/C18H34O5/c1-15(2,3)21-17(11-7-9-13-19-17)23-18(22-16(4,5)6)12-8-10-14-20-18/h7-14H2,1-6H3. The average Bonchev–Trinajstić information content (AvgIpc) is 2.35. The highest BCUT2D eigenvalue weighted by atomic mass is 17.0. The fraction of sp³-hybridized carbons (Fsp3) is 1.00. The van der Waals surface area contributed by atoms with E-state index in [9.17, 15) is 0 Å². The first-order valence-corrected chi connectivity index (χ1v) is 8.92. The summed E-state index contributed by atoms with van der Waals surface area (Å²) in [5.41, 5.74) is -0.760. The average molecular weight is 330 g/mol. The lowest BCUT2D eigenvalue weighted by Gasteiger charge is -2.48. The molecule has 0 saturated carbocycles. The molecule has 5 nitrogen and oxygen atoms in total. The van der Waals surface area contributed by atoms with Crippen LogP contribution >= 0.6 is 0 Å². The first-order chi connectivity index (χ1) is 10.5. The lowest BCUT2D eigenvalue weighted by molar-refractivity contribution is -0.532. The molecule has 2 atom stereocenters. The minimum Gasteiger partial charge on any atom is -0.327 e. The van der Waals surface area contributed by atoms with E-state index >= 15 is 0 Å². The minimum absolute atomic E-state index is 0.380. The Morgan fingerprint density at radius 3 is 1.30 bits per heavy atom. The first-order valence-electron chi connectivity index (χ1n) is 8.92. The summed E-state index contributed by atoms with van der Waals surface area (Å²) in [7, 11) is 0. The van der Waals surface area contributed by atoms with E-state index in [1.54, 1.807) is 0 Å². The molecule has 0 N–H and O–H groups in total. The van der Waals surface area contributed by atoms with Gasteiger partial charge in [0.15, 0.2) is 0 Å². The molecule has 2 heterocycles. The van der Waals surface area contributed by atoms with Gasteiger partial charge in [0, 0.05) is 12.8 Å². The fourth-order valence-corrected chi connectivity index (χ4v) is 3.02. The second kappa shape index (κ2) is 6.96. The Balaban J connectivity index is 2.22. The van der Waals surface area contributed by atoms with Gasteiger partial charge in [0.2, 0.25) is 0 Å². The Kier molecular flexibility index (Phi) is 5.79. The Hall–Kier alpha value is -0.200. The van der Waals surface area contributed by atoms with Crippen molar-refractivity contribution in [3.05, 3.63) is 0 Å². The quantitative estimate of drug-likeness (QED) is 0.718. The van der Waals surface area contributed by atoms with Crippen LogP contribution in [-0.4, -0.2) is 36.4 Å². The molecule has 0 aromatic rings. The van der Waals surface area contributed by atoms with Crippen LogP contribution < -0.4 is 0 Å². The molecular weight excluding hydrogens is 296 g/mol. The van der Waals surface area contributed by atoms with Gasteiger partial charge in [0.1, 0.15) is 0 Å². The van der Waals surface area contributed by atoms with Crippen molar-refractivity contribution in [3.8, 4) is 0 Å². The first kappa shape index (κ1) is 19.1. The molecule has 23 heavy (non-hydrogen) atoms. The van der Waals surface area contributed by atoms with E-state index in [1.165, 1.54) is 0 Å². The normalized spacial score (nSPS) is 33.7. The van der Waals surface area contributed by atoms with Gasteiger partial charge in [0.05, 0.1) is 24.4 Å². The predicted octanol–water partition coefficient (Wildman–Crippen LogP) is 4.34. The summed E-state index contributed by atoms with van der Waals surface area (Å²) >= 11 is 0. The second-order valence-electron chi connectivity index (χ2n) is 8.51. The molecule has 0 amide bonds. The van der Waals surface area contributed by atoms with Crippen LogP contribution in [-0.2, 0) is 23.7 Å². The summed E-state index contributed by atoms with van der Waals surface area (Å²) in [5.74, 6) is -2.20. The summed E-state index contributed by atoms with van der Waals surface area (Å²) < 4.78 is 30.7. The third-order valence-electron chi connectivity index (χ3n) is 3.63. The number of hydrogen-bond acceptors (Lipinski definition) is 5. The fourth-order valence-electron chi connectivity index (χ4n) is 3.02. The zero-order valence-corrected chi connectivity index (χ0v) is 15.7. The number of rotatable bonds is 4. The highest BCUT2D eigenvalue weighted by molar-refractivity contribution is 4.77. The minimum atomic E-state index is -1.10. The zero-order valence-electron chi connectivity index (χ0n) is 15.7. The van der Waals surface area contributed by atoms with E-state index in [1.807, 2.05) is 41.5 Å². The van der Waals surface area contributed by atoms with E-state index in [0.717, 1.165) is 25.7 Å². The Bertz CT molecular complexity index is 332. The summed E-state index contributed by atoms with van der Waals surface area (Å²) in [6.07, 6.45) is 5.41. The van der Waals surface area contributed by atoms with Crippen molar-refractivity contribution in [2.24, 2.45) is 0 Å². The molecule has 2 fully saturated rings. The lowest BCUT2D eigenvalue weighted by Crippen LogP contribution is -2.57. The maximum atomic E-state index is 6.37. The molecule has 0 aromatic heterocycles. The SMILES string of the molecule is CC(C)(C)OC1(OC2(OC(C)(C)C)CCCCO2)CCCCO1. The summed E-state index contributed by atoms with van der Waals surface area (Å²) in [4.78, 5) is 0. The van der Waals surface area contributed by atoms with Crippen molar-refractivity contribution in [2.45, 2.75) is 103 Å². The van der Waals surface area contributed by atoms with Crippen molar-refractivity contribution < 1.29 is 23.7 Å². The van der Waals surface area contributed by atoms with Crippen LogP contribution in [0.3, 0.4) is 0 Å². The van der Waals surface area contributed by atoms with Gasteiger partial charge in [-0.05, 0) is 67.2 Å². The molecule has 136 valence electrons. The molecule has 2 unspecified atom stereocenters. The molecule has 0 spiro atoms. The largest absolute Gasteiger partial charge is 0.327 e. The highest BCUT2D eigenvalue weighted by Gasteiger charge is 2.51. The van der Waals surface area contributed by atoms with Gasteiger partial charge in [0.25, 0.3) is 11.9 Å². The zero-order chi connectivity index (χ0) is 17.2. The molecule has 2 aliphatic heterocycles. The molecule has 5 heteroatoms. The molecular formula is C18H34O5. The molecule has 2 aliphatic rings. The molecule has 2 rings (SSSR count). The third kappa shape index (κ3) is 5.98. The van der Waals surface area contributed by atoms with Gasteiger partial charge in [-0.25, -0.2) is 0 Å². The highest BCUT2D eigenvalue weighted by Crippen LogP contribution is 2.41. The number of ether oxygens (including phenoxy) is 5. The van der Waals surface area contributed by atoms with E-state index < -0.39 is 11.9 Å². The Morgan fingerprint density at radius 1 is 0.652 bits per heavy atom. The lowest BCUT2D eigenvalue weighted by atomic mass is 10.1.